The number of halogens is 1. The van der Waals surface area contributed by atoms with E-state index in [0.29, 0.717) is 16.3 Å². The molecule has 3 rings (SSSR count). The van der Waals surface area contributed by atoms with Crippen molar-refractivity contribution in [1.29, 1.82) is 0 Å². The first-order chi connectivity index (χ1) is 13.5. The Hall–Kier alpha value is -3.11. The van der Waals surface area contributed by atoms with Crippen LogP contribution in [0.25, 0.3) is 0 Å². The van der Waals surface area contributed by atoms with Gasteiger partial charge in [0.1, 0.15) is 0 Å². The van der Waals surface area contributed by atoms with Gasteiger partial charge in [0.25, 0.3) is 5.91 Å². The van der Waals surface area contributed by atoms with Crippen LogP contribution in [-0.4, -0.2) is 11.8 Å². The molecule has 0 fully saturated rings. The molecular weight excluding hydrogens is 372 g/mol. The molecule has 2 N–H and O–H groups in total. The van der Waals surface area contributed by atoms with Crippen molar-refractivity contribution in [3.63, 3.8) is 0 Å². The maximum Gasteiger partial charge on any atom is 0.253 e. The smallest absolute Gasteiger partial charge is 0.253 e. The van der Waals surface area contributed by atoms with Gasteiger partial charge in [0.15, 0.2) is 0 Å². The van der Waals surface area contributed by atoms with E-state index in [1.807, 2.05) is 49.4 Å². The molecule has 0 aliphatic carbocycles. The molecule has 1 atom stereocenters. The van der Waals surface area contributed by atoms with Gasteiger partial charge in [-0.15, -0.1) is 0 Å². The van der Waals surface area contributed by atoms with Crippen LogP contribution in [0.2, 0.25) is 5.02 Å². The fourth-order valence-corrected chi connectivity index (χ4v) is 3.00. The summed E-state index contributed by atoms with van der Waals surface area (Å²) in [5, 5.41) is 6.44. The number of benzene rings is 3. The lowest BCUT2D eigenvalue weighted by molar-refractivity contribution is -0.115. The predicted molar refractivity (Wildman–Crippen MR) is 113 cm³/mol. The summed E-state index contributed by atoms with van der Waals surface area (Å²) in [6, 6.07) is 23.7. The predicted octanol–water partition coefficient (Wildman–Crippen LogP) is 5.01. The second kappa shape index (κ2) is 9.20. The number of hydrogen-bond donors (Lipinski definition) is 2. The topological polar surface area (TPSA) is 58.2 Å². The molecule has 0 heterocycles. The molecule has 0 aromatic heterocycles. The molecular formula is C23H21ClN2O2. The van der Waals surface area contributed by atoms with Crippen LogP contribution in [0.1, 0.15) is 34.5 Å². The monoisotopic (exact) mass is 392 g/mol. The summed E-state index contributed by atoms with van der Waals surface area (Å²) in [7, 11) is 0. The quantitative estimate of drug-likeness (QED) is 0.619. The maximum atomic E-state index is 12.7. The van der Waals surface area contributed by atoms with Crippen LogP contribution < -0.4 is 10.6 Å². The van der Waals surface area contributed by atoms with Gasteiger partial charge in [-0.1, -0.05) is 66.2 Å². The highest BCUT2D eigenvalue weighted by Gasteiger charge is 2.16. The van der Waals surface area contributed by atoms with E-state index in [2.05, 4.69) is 10.6 Å². The zero-order valence-corrected chi connectivity index (χ0v) is 16.2. The second-order valence-corrected chi connectivity index (χ2v) is 6.94. The van der Waals surface area contributed by atoms with E-state index in [0.717, 1.165) is 11.1 Å². The third-order valence-corrected chi connectivity index (χ3v) is 4.62. The molecule has 142 valence electrons. The maximum absolute atomic E-state index is 12.7. The van der Waals surface area contributed by atoms with Gasteiger partial charge in [-0.3, -0.25) is 9.59 Å². The molecule has 0 aliphatic heterocycles. The molecule has 0 saturated carbocycles. The Morgan fingerprint density at radius 2 is 1.54 bits per heavy atom. The van der Waals surface area contributed by atoms with Crippen molar-refractivity contribution in [2.75, 3.05) is 5.32 Å². The Kier molecular flexibility index (Phi) is 6.45. The highest BCUT2D eigenvalue weighted by Crippen LogP contribution is 2.18. The average molecular weight is 393 g/mol. The van der Waals surface area contributed by atoms with E-state index in [1.54, 1.807) is 36.4 Å². The lowest BCUT2D eigenvalue weighted by Gasteiger charge is -2.16. The van der Waals surface area contributed by atoms with Gasteiger partial charge in [0, 0.05) is 5.02 Å². The molecule has 0 aliphatic rings. The van der Waals surface area contributed by atoms with Crippen LogP contribution in [0.5, 0.6) is 0 Å². The zero-order valence-electron chi connectivity index (χ0n) is 15.5. The van der Waals surface area contributed by atoms with Gasteiger partial charge in [-0.2, -0.15) is 0 Å². The van der Waals surface area contributed by atoms with E-state index in [-0.39, 0.29) is 24.3 Å². The van der Waals surface area contributed by atoms with Gasteiger partial charge in [0.2, 0.25) is 5.91 Å². The minimum atomic E-state index is -0.237. The molecule has 2 amide bonds. The number of rotatable bonds is 6. The summed E-state index contributed by atoms with van der Waals surface area (Å²) in [6.45, 7) is 1.93. The van der Waals surface area contributed by atoms with Gasteiger partial charge < -0.3 is 10.6 Å². The van der Waals surface area contributed by atoms with Crippen molar-refractivity contribution >= 4 is 29.1 Å². The molecule has 28 heavy (non-hydrogen) atoms. The number of carbonyl (C=O) groups excluding carboxylic acids is 2. The molecule has 0 spiro atoms. The van der Waals surface area contributed by atoms with Crippen molar-refractivity contribution in [3.05, 3.63) is 101 Å². The third-order valence-electron chi connectivity index (χ3n) is 4.37. The fraction of sp³-hybridized carbons (Fsp3) is 0.130. The Morgan fingerprint density at radius 1 is 0.893 bits per heavy atom. The molecule has 0 saturated heterocycles. The Labute approximate surface area is 169 Å². The van der Waals surface area contributed by atoms with E-state index in [1.165, 1.54) is 0 Å². The van der Waals surface area contributed by atoms with Crippen LogP contribution in [0, 0.1) is 0 Å². The fourth-order valence-electron chi connectivity index (χ4n) is 2.87. The molecule has 0 radical (unpaired) electrons. The first-order valence-corrected chi connectivity index (χ1v) is 9.40. The molecule has 3 aromatic rings. The van der Waals surface area contributed by atoms with Crippen LogP contribution in [0.15, 0.2) is 78.9 Å². The number of para-hydroxylation sites is 1. The lowest BCUT2D eigenvalue weighted by atomic mass is 10.1. The van der Waals surface area contributed by atoms with E-state index < -0.39 is 0 Å². The van der Waals surface area contributed by atoms with Crippen molar-refractivity contribution in [3.8, 4) is 0 Å². The Morgan fingerprint density at radius 3 is 2.25 bits per heavy atom. The standard InChI is InChI=1S/C23H21ClN2O2/c1-16(18-7-3-2-4-8-18)25-23(28)20-9-5-6-10-21(20)26-22(27)15-17-11-13-19(24)14-12-17/h2-14,16H,15H2,1H3,(H,25,28)(H,26,27). The second-order valence-electron chi connectivity index (χ2n) is 6.50. The van der Waals surface area contributed by atoms with Crippen LogP contribution in [0.3, 0.4) is 0 Å². The van der Waals surface area contributed by atoms with Crippen molar-refractivity contribution in [2.45, 2.75) is 19.4 Å². The van der Waals surface area contributed by atoms with E-state index in [9.17, 15) is 9.59 Å². The number of carbonyl (C=O) groups is 2. The summed E-state index contributed by atoms with van der Waals surface area (Å²) < 4.78 is 0. The molecule has 1 unspecified atom stereocenters. The van der Waals surface area contributed by atoms with Crippen molar-refractivity contribution < 1.29 is 9.59 Å². The zero-order chi connectivity index (χ0) is 19.9. The Bertz CT molecular complexity index is 956. The normalized spacial score (nSPS) is 11.5. The van der Waals surface area contributed by atoms with Gasteiger partial charge in [-0.25, -0.2) is 0 Å². The number of hydrogen-bond acceptors (Lipinski definition) is 2. The van der Waals surface area contributed by atoms with Crippen LogP contribution in [0.4, 0.5) is 5.69 Å². The summed E-state index contributed by atoms with van der Waals surface area (Å²) in [5.74, 6) is -0.433. The average Bonchev–Trinajstić information content (AvgIpc) is 2.70. The first-order valence-electron chi connectivity index (χ1n) is 9.02. The van der Waals surface area contributed by atoms with Crippen LogP contribution >= 0.6 is 11.6 Å². The summed E-state index contributed by atoms with van der Waals surface area (Å²) in [5.41, 5.74) is 2.77. The number of anilines is 1. The SMILES string of the molecule is CC(NC(=O)c1ccccc1NC(=O)Cc1ccc(Cl)cc1)c1ccccc1. The van der Waals surface area contributed by atoms with Gasteiger partial charge >= 0.3 is 0 Å². The first kappa shape index (κ1) is 19.6. The Balaban J connectivity index is 1.69. The highest BCUT2D eigenvalue weighted by molar-refractivity contribution is 6.30. The highest BCUT2D eigenvalue weighted by atomic mass is 35.5. The van der Waals surface area contributed by atoms with Crippen molar-refractivity contribution in [2.24, 2.45) is 0 Å². The van der Waals surface area contributed by atoms with Crippen LogP contribution in [-0.2, 0) is 11.2 Å². The minimum absolute atomic E-state index is 0.147. The largest absolute Gasteiger partial charge is 0.345 e. The lowest BCUT2D eigenvalue weighted by Crippen LogP contribution is -2.28. The van der Waals surface area contributed by atoms with Gasteiger partial charge in [0.05, 0.1) is 23.7 Å². The summed E-state index contributed by atoms with van der Waals surface area (Å²) >= 11 is 5.87. The van der Waals surface area contributed by atoms with Crippen molar-refractivity contribution in [1.82, 2.24) is 5.32 Å². The molecule has 4 nitrogen and oxygen atoms in total. The summed E-state index contributed by atoms with van der Waals surface area (Å²) in [6.07, 6.45) is 0.202. The third kappa shape index (κ3) is 5.21. The minimum Gasteiger partial charge on any atom is -0.345 e. The molecule has 3 aromatic carbocycles. The number of nitrogens with one attached hydrogen (secondary N) is 2. The molecule has 0 bridgehead atoms. The molecule has 5 heteroatoms. The summed E-state index contributed by atoms with van der Waals surface area (Å²) in [4.78, 5) is 25.2. The van der Waals surface area contributed by atoms with Gasteiger partial charge in [-0.05, 0) is 42.3 Å². The number of amides is 2. The van der Waals surface area contributed by atoms with E-state index in [4.69, 9.17) is 11.6 Å². The van der Waals surface area contributed by atoms with E-state index >= 15 is 0 Å².